The van der Waals surface area contributed by atoms with Crippen LogP contribution in [0.2, 0.25) is 0 Å². The zero-order valence-corrected chi connectivity index (χ0v) is 20.5. The number of piperidine rings is 1. The normalized spacial score (nSPS) is 22.9. The van der Waals surface area contributed by atoms with Crippen molar-refractivity contribution in [3.05, 3.63) is 52.8 Å². The second-order valence-corrected chi connectivity index (χ2v) is 10.2. The monoisotopic (exact) mass is 521 g/mol. The van der Waals surface area contributed by atoms with Crippen LogP contribution < -0.4 is 4.90 Å². The van der Waals surface area contributed by atoms with Gasteiger partial charge in [0.15, 0.2) is 0 Å². The Morgan fingerprint density at radius 3 is 2.49 bits per heavy atom. The summed E-state index contributed by atoms with van der Waals surface area (Å²) in [7, 11) is 0. The summed E-state index contributed by atoms with van der Waals surface area (Å²) in [4.78, 5) is 28.0. The average molecular weight is 522 g/mol. The highest BCUT2D eigenvalue weighted by molar-refractivity contribution is 5.89. The van der Waals surface area contributed by atoms with Crippen LogP contribution in [0, 0.1) is 0 Å². The van der Waals surface area contributed by atoms with Gasteiger partial charge >= 0.3 is 18.2 Å². The number of nitrogens with one attached hydrogen (secondary N) is 1. The van der Waals surface area contributed by atoms with Gasteiger partial charge in [0.2, 0.25) is 0 Å². The number of hydrogen-bond acceptors (Lipinski definition) is 5. The molecule has 2 amide bonds. The Bertz CT molecular complexity index is 1140. The van der Waals surface area contributed by atoms with Crippen molar-refractivity contribution in [1.29, 1.82) is 0 Å². The lowest BCUT2D eigenvalue weighted by atomic mass is 9.93. The summed E-state index contributed by atoms with van der Waals surface area (Å²) in [5, 5.41) is 13.5. The number of amides is 2. The Balaban J connectivity index is 1.29. The Labute approximate surface area is 213 Å². The van der Waals surface area contributed by atoms with Gasteiger partial charge in [0.25, 0.3) is 0 Å². The molecule has 11 heteroatoms. The van der Waals surface area contributed by atoms with Crippen LogP contribution in [0.3, 0.4) is 0 Å². The first-order chi connectivity index (χ1) is 17.8. The van der Waals surface area contributed by atoms with Crippen LogP contribution in [0.15, 0.2) is 30.5 Å². The topological polar surface area (TPSA) is 89.1 Å². The molecule has 0 radical (unpaired) electrons. The van der Waals surface area contributed by atoms with Gasteiger partial charge < -0.3 is 14.7 Å². The summed E-state index contributed by atoms with van der Waals surface area (Å²) in [6.45, 7) is 1.57. The number of aliphatic hydroxyl groups excluding tert-OH is 1. The van der Waals surface area contributed by atoms with Gasteiger partial charge in [0.05, 0.1) is 43.2 Å². The molecule has 3 heterocycles. The number of halogens is 3. The van der Waals surface area contributed by atoms with Crippen LogP contribution in [-0.2, 0) is 10.9 Å². The number of aliphatic hydroxyl groups is 1. The summed E-state index contributed by atoms with van der Waals surface area (Å²) >= 11 is 0. The molecule has 1 aromatic heterocycles. The zero-order chi connectivity index (χ0) is 26.2. The number of likely N-dealkylation sites (tertiary alicyclic amines) is 2. The first kappa shape index (κ1) is 25.7. The third-order valence-corrected chi connectivity index (χ3v) is 7.74. The average Bonchev–Trinajstić information content (AvgIpc) is 3.44. The molecule has 0 bridgehead atoms. The largest absolute Gasteiger partial charge is 0.447 e. The molecule has 8 nitrogen and oxygen atoms in total. The molecule has 5 rings (SSSR count). The van der Waals surface area contributed by atoms with E-state index in [9.17, 15) is 22.8 Å². The second kappa shape index (κ2) is 10.4. The van der Waals surface area contributed by atoms with Crippen molar-refractivity contribution >= 4 is 12.0 Å². The third-order valence-electron chi connectivity index (χ3n) is 7.74. The molecule has 1 aliphatic carbocycles. The van der Waals surface area contributed by atoms with Crippen molar-refractivity contribution in [2.75, 3.05) is 39.4 Å². The highest BCUT2D eigenvalue weighted by atomic mass is 19.4. The Kier molecular flexibility index (Phi) is 7.26. The quantitative estimate of drug-likeness (QED) is 0.611. The first-order valence-electron chi connectivity index (χ1n) is 12.9. The van der Waals surface area contributed by atoms with Crippen molar-refractivity contribution in [2.24, 2.45) is 0 Å². The van der Waals surface area contributed by atoms with Gasteiger partial charge in [-0.3, -0.25) is 9.58 Å². The summed E-state index contributed by atoms with van der Waals surface area (Å²) in [5.74, 6) is -0.158. The van der Waals surface area contributed by atoms with Crippen LogP contribution in [0.4, 0.5) is 18.0 Å². The summed E-state index contributed by atoms with van der Waals surface area (Å²) in [6, 6.07) is 5.72. The SMILES string of the molecule is O=C(OCCO)N1CCC(n2ncc(C(=O)[NH+]3CCC(c4ccccc4C(F)(F)F)C3)c2C2CC2)CC1. The van der Waals surface area contributed by atoms with E-state index in [-0.39, 0.29) is 42.6 Å². The number of alkyl halides is 3. The van der Waals surface area contributed by atoms with Gasteiger partial charge in [-0.25, -0.2) is 9.59 Å². The zero-order valence-electron chi connectivity index (χ0n) is 20.5. The molecule has 2 aliphatic heterocycles. The van der Waals surface area contributed by atoms with Crippen molar-refractivity contribution < 1.29 is 37.5 Å². The Morgan fingerprint density at radius 1 is 1.08 bits per heavy atom. The highest BCUT2D eigenvalue weighted by Crippen LogP contribution is 2.43. The lowest BCUT2D eigenvalue weighted by Crippen LogP contribution is -3.12. The second-order valence-electron chi connectivity index (χ2n) is 10.2. The fourth-order valence-corrected chi connectivity index (χ4v) is 5.74. The number of nitrogens with zero attached hydrogens (tertiary/aromatic N) is 3. The Hall–Kier alpha value is -2.92. The van der Waals surface area contributed by atoms with Crippen molar-refractivity contribution in [2.45, 2.75) is 56.2 Å². The van der Waals surface area contributed by atoms with Crippen molar-refractivity contribution in [3.8, 4) is 0 Å². The van der Waals surface area contributed by atoms with E-state index in [1.807, 2.05) is 4.68 Å². The first-order valence-corrected chi connectivity index (χ1v) is 12.9. The van der Waals surface area contributed by atoms with Crippen LogP contribution >= 0.6 is 0 Å². The highest BCUT2D eigenvalue weighted by Gasteiger charge is 2.42. The van der Waals surface area contributed by atoms with Crippen LogP contribution in [-0.4, -0.2) is 71.2 Å². The van der Waals surface area contributed by atoms with Crippen LogP contribution in [0.5, 0.6) is 0 Å². The predicted octanol–water partition coefficient (Wildman–Crippen LogP) is 2.76. The number of benzene rings is 1. The molecule has 0 spiro atoms. The maximum absolute atomic E-state index is 13.6. The molecular formula is C26H32F3N4O4+. The molecule has 2 N–H and O–H groups in total. The van der Waals surface area contributed by atoms with Crippen molar-refractivity contribution in [1.82, 2.24) is 14.7 Å². The van der Waals surface area contributed by atoms with E-state index in [1.54, 1.807) is 17.2 Å². The molecular weight excluding hydrogens is 489 g/mol. The summed E-state index contributed by atoms with van der Waals surface area (Å²) < 4.78 is 47.6. The molecule has 2 atom stereocenters. The van der Waals surface area contributed by atoms with Gasteiger partial charge in [-0.05, 0) is 37.3 Å². The van der Waals surface area contributed by atoms with Gasteiger partial charge in [0, 0.05) is 31.3 Å². The smallest absolute Gasteiger partial charge is 0.416 e. The maximum Gasteiger partial charge on any atom is 0.416 e. The number of carbonyl (C=O) groups excluding carboxylic acids is 2. The molecule has 2 unspecified atom stereocenters. The van der Waals surface area contributed by atoms with Gasteiger partial charge in [0.1, 0.15) is 12.2 Å². The van der Waals surface area contributed by atoms with E-state index in [2.05, 4.69) is 5.10 Å². The Morgan fingerprint density at radius 2 is 1.81 bits per heavy atom. The fraction of sp³-hybridized carbons (Fsp3) is 0.577. The standard InChI is InChI=1S/C26H31F3N4O4/c27-26(28,29)22-4-2-1-3-20(22)18-7-10-32(16-18)24(35)21-15-30-33(23(21)17-5-6-17)19-8-11-31(12-9-19)25(36)37-14-13-34/h1-4,15,17-19,34H,5-14,16H2/p+1. The lowest BCUT2D eigenvalue weighted by molar-refractivity contribution is -0.800. The van der Waals surface area contributed by atoms with Gasteiger partial charge in [-0.2, -0.15) is 18.3 Å². The molecule has 2 saturated heterocycles. The molecule has 3 fully saturated rings. The predicted molar refractivity (Wildman–Crippen MR) is 126 cm³/mol. The van der Waals surface area contributed by atoms with Crippen LogP contribution in [0.1, 0.15) is 77.2 Å². The van der Waals surface area contributed by atoms with Gasteiger partial charge in [-0.1, -0.05) is 18.2 Å². The molecule has 2 aromatic rings. The van der Waals surface area contributed by atoms with Crippen molar-refractivity contribution in [3.63, 3.8) is 0 Å². The van der Waals surface area contributed by atoms with Crippen LogP contribution in [0.25, 0.3) is 0 Å². The maximum atomic E-state index is 13.6. The number of ether oxygens (including phenoxy) is 1. The van der Waals surface area contributed by atoms with E-state index < -0.39 is 17.8 Å². The number of aromatic nitrogens is 2. The molecule has 3 aliphatic rings. The molecule has 37 heavy (non-hydrogen) atoms. The lowest BCUT2D eigenvalue weighted by Gasteiger charge is -2.32. The minimum Gasteiger partial charge on any atom is -0.447 e. The minimum atomic E-state index is -4.42. The summed E-state index contributed by atoms with van der Waals surface area (Å²) in [6.07, 6.45) is 0.602. The molecule has 1 saturated carbocycles. The number of carbonyl (C=O) groups is 2. The number of quaternary nitrogens is 1. The number of hydrogen-bond donors (Lipinski definition) is 2. The number of rotatable bonds is 6. The molecule has 1 aromatic carbocycles. The van der Waals surface area contributed by atoms with Gasteiger partial charge in [-0.15, -0.1) is 0 Å². The minimum absolute atomic E-state index is 0.0311. The van der Waals surface area contributed by atoms with E-state index in [0.29, 0.717) is 55.9 Å². The van der Waals surface area contributed by atoms with E-state index in [1.165, 1.54) is 12.1 Å². The van der Waals surface area contributed by atoms with E-state index in [4.69, 9.17) is 9.84 Å². The van der Waals surface area contributed by atoms with E-state index >= 15 is 0 Å². The molecule has 200 valence electrons. The summed E-state index contributed by atoms with van der Waals surface area (Å²) in [5.41, 5.74) is 1.15. The fourth-order valence-electron chi connectivity index (χ4n) is 5.74. The van der Waals surface area contributed by atoms with E-state index in [0.717, 1.165) is 24.6 Å². The third kappa shape index (κ3) is 5.38.